The monoisotopic (exact) mass is 573 g/mol. The predicted octanol–water partition coefficient (Wildman–Crippen LogP) is 3.86. The van der Waals surface area contributed by atoms with Crippen LogP contribution in [-0.4, -0.2) is 91.6 Å². The number of nitrogens with zero attached hydrogens (tertiary/aromatic N) is 3. The van der Waals surface area contributed by atoms with Crippen molar-refractivity contribution >= 4 is 5.91 Å². The number of pyridine rings is 1. The van der Waals surface area contributed by atoms with Gasteiger partial charge in [-0.3, -0.25) is 14.7 Å². The second-order valence-corrected chi connectivity index (χ2v) is 11.4. The number of ether oxygens (including phenoxy) is 4. The van der Waals surface area contributed by atoms with E-state index in [1.165, 1.54) is 18.4 Å². The van der Waals surface area contributed by atoms with E-state index in [2.05, 4.69) is 40.2 Å². The second-order valence-electron chi connectivity index (χ2n) is 11.4. The smallest absolute Gasteiger partial charge is 0.272 e. The number of rotatable bonds is 12. The minimum absolute atomic E-state index is 0.134. The summed E-state index contributed by atoms with van der Waals surface area (Å²) >= 11 is 0. The molecular formula is C33H39N3O6. The van der Waals surface area contributed by atoms with Gasteiger partial charge in [-0.1, -0.05) is 30.3 Å². The van der Waals surface area contributed by atoms with Crippen molar-refractivity contribution in [1.29, 1.82) is 0 Å². The lowest BCUT2D eigenvalue weighted by Crippen LogP contribution is -2.48. The van der Waals surface area contributed by atoms with Gasteiger partial charge in [0.2, 0.25) is 0 Å². The number of morpholine rings is 1. The lowest BCUT2D eigenvalue weighted by atomic mass is 9.91. The van der Waals surface area contributed by atoms with Crippen molar-refractivity contribution in [2.24, 2.45) is 0 Å². The third kappa shape index (κ3) is 7.03. The number of amides is 1. The molecule has 2 saturated heterocycles. The Balaban J connectivity index is 0.985. The highest BCUT2D eigenvalue weighted by Crippen LogP contribution is 2.40. The summed E-state index contributed by atoms with van der Waals surface area (Å²) in [6.07, 6.45) is 3.54. The molecule has 3 heterocycles. The third-order valence-corrected chi connectivity index (χ3v) is 8.22. The SMILES string of the molecule is COc1cc(C2CN(C(=O)c3cc(OC[C@H](O)CN4CCOCC4)ccn3)C2)ccc1OCc1ccc(C2CC2)cc1. The molecule has 42 heavy (non-hydrogen) atoms. The summed E-state index contributed by atoms with van der Waals surface area (Å²) in [5.41, 5.74) is 3.99. The van der Waals surface area contributed by atoms with Crippen molar-refractivity contribution in [2.45, 2.75) is 37.4 Å². The molecule has 1 amide bonds. The Morgan fingerprint density at radius 2 is 1.74 bits per heavy atom. The van der Waals surface area contributed by atoms with Gasteiger partial charge < -0.3 is 29.0 Å². The number of carbonyl (C=O) groups excluding carboxylic acids is 1. The van der Waals surface area contributed by atoms with E-state index in [1.54, 1.807) is 30.3 Å². The number of carbonyl (C=O) groups is 1. The van der Waals surface area contributed by atoms with E-state index in [0.29, 0.717) is 62.4 Å². The zero-order valence-corrected chi connectivity index (χ0v) is 24.1. The van der Waals surface area contributed by atoms with E-state index in [-0.39, 0.29) is 18.4 Å². The van der Waals surface area contributed by atoms with E-state index in [9.17, 15) is 9.90 Å². The maximum Gasteiger partial charge on any atom is 0.272 e. The Labute approximate surface area is 247 Å². The van der Waals surface area contributed by atoms with Crippen LogP contribution in [0.5, 0.6) is 17.2 Å². The molecule has 1 aromatic heterocycles. The number of benzene rings is 2. The molecule has 3 aromatic rings. The van der Waals surface area contributed by atoms with E-state index in [0.717, 1.165) is 30.1 Å². The number of methoxy groups -OCH3 is 1. The van der Waals surface area contributed by atoms with E-state index >= 15 is 0 Å². The van der Waals surface area contributed by atoms with Crippen molar-refractivity contribution in [3.8, 4) is 17.2 Å². The van der Waals surface area contributed by atoms with Gasteiger partial charge in [0.25, 0.3) is 5.91 Å². The second kappa shape index (κ2) is 13.1. The zero-order valence-electron chi connectivity index (χ0n) is 24.1. The molecule has 222 valence electrons. The van der Waals surface area contributed by atoms with Crippen molar-refractivity contribution in [3.05, 3.63) is 83.2 Å². The Bertz CT molecular complexity index is 1350. The minimum atomic E-state index is -0.626. The summed E-state index contributed by atoms with van der Waals surface area (Å²) in [4.78, 5) is 21.3. The summed E-state index contributed by atoms with van der Waals surface area (Å²) < 4.78 is 22.8. The van der Waals surface area contributed by atoms with Gasteiger partial charge in [-0.15, -0.1) is 0 Å². The standard InChI is InChI=1S/C33H39N3O6/c1-39-32-16-26(8-9-31(32)42-21-23-2-4-24(5-3-23)25-6-7-25)27-18-36(19-27)33(38)30-17-29(10-11-34-30)41-22-28(37)20-35-12-14-40-15-13-35/h2-5,8-11,16-17,25,27-28,37H,6-7,12-15,18-22H2,1H3/t28-/m1/s1. The molecular weight excluding hydrogens is 534 g/mol. The number of aromatic nitrogens is 1. The van der Waals surface area contributed by atoms with Gasteiger partial charge in [-0.25, -0.2) is 0 Å². The highest BCUT2D eigenvalue weighted by molar-refractivity contribution is 5.93. The third-order valence-electron chi connectivity index (χ3n) is 8.22. The number of hydrogen-bond acceptors (Lipinski definition) is 8. The van der Waals surface area contributed by atoms with Gasteiger partial charge in [0.05, 0.1) is 20.3 Å². The molecule has 2 aromatic carbocycles. The summed E-state index contributed by atoms with van der Waals surface area (Å²) in [6, 6.07) is 18.1. The molecule has 9 nitrogen and oxygen atoms in total. The Hall–Kier alpha value is -3.66. The molecule has 9 heteroatoms. The van der Waals surface area contributed by atoms with Gasteiger partial charge in [0.15, 0.2) is 11.5 Å². The molecule has 3 aliphatic rings. The molecule has 0 radical (unpaired) electrons. The van der Waals surface area contributed by atoms with Crippen LogP contribution < -0.4 is 14.2 Å². The van der Waals surface area contributed by atoms with Crippen LogP contribution in [-0.2, 0) is 11.3 Å². The highest BCUT2D eigenvalue weighted by Gasteiger charge is 2.33. The quantitative estimate of drug-likeness (QED) is 0.349. The number of aliphatic hydroxyl groups is 1. The summed E-state index contributed by atoms with van der Waals surface area (Å²) in [6.45, 7) is 5.34. The molecule has 1 aliphatic carbocycles. The van der Waals surface area contributed by atoms with Crippen LogP contribution >= 0.6 is 0 Å². The molecule has 1 saturated carbocycles. The predicted molar refractivity (Wildman–Crippen MR) is 157 cm³/mol. The highest BCUT2D eigenvalue weighted by atomic mass is 16.5. The lowest BCUT2D eigenvalue weighted by Gasteiger charge is -2.39. The maximum atomic E-state index is 13.1. The van der Waals surface area contributed by atoms with Crippen LogP contribution in [0.25, 0.3) is 0 Å². The summed E-state index contributed by atoms with van der Waals surface area (Å²) in [5.74, 6) is 2.74. The van der Waals surface area contributed by atoms with Crippen molar-refractivity contribution in [2.75, 3.05) is 59.7 Å². The van der Waals surface area contributed by atoms with Crippen LogP contribution in [0.3, 0.4) is 0 Å². The van der Waals surface area contributed by atoms with Gasteiger partial charge in [-0.2, -0.15) is 0 Å². The van der Waals surface area contributed by atoms with Gasteiger partial charge in [0.1, 0.15) is 30.8 Å². The van der Waals surface area contributed by atoms with Crippen molar-refractivity contribution < 1.29 is 28.8 Å². The number of aliphatic hydroxyl groups excluding tert-OH is 1. The van der Waals surface area contributed by atoms with Crippen LogP contribution in [0.2, 0.25) is 0 Å². The molecule has 1 N–H and O–H groups in total. The van der Waals surface area contributed by atoms with Crippen LogP contribution in [0.1, 0.15) is 51.9 Å². The van der Waals surface area contributed by atoms with Crippen LogP contribution in [0.15, 0.2) is 60.8 Å². The van der Waals surface area contributed by atoms with Gasteiger partial charge >= 0.3 is 0 Å². The number of hydrogen-bond donors (Lipinski definition) is 1. The minimum Gasteiger partial charge on any atom is -0.493 e. The molecule has 6 rings (SSSR count). The fourth-order valence-corrected chi connectivity index (χ4v) is 5.48. The fraction of sp³-hybridized carbons (Fsp3) is 0.455. The molecule has 3 fully saturated rings. The largest absolute Gasteiger partial charge is 0.493 e. The average Bonchev–Trinajstić information content (AvgIpc) is 3.85. The van der Waals surface area contributed by atoms with Crippen LogP contribution in [0, 0.1) is 0 Å². The summed E-state index contributed by atoms with van der Waals surface area (Å²) in [5, 5.41) is 10.4. The van der Waals surface area contributed by atoms with E-state index < -0.39 is 6.10 Å². The summed E-state index contributed by atoms with van der Waals surface area (Å²) in [7, 11) is 1.65. The van der Waals surface area contributed by atoms with E-state index in [4.69, 9.17) is 18.9 Å². The Kier molecular flexibility index (Phi) is 8.88. The van der Waals surface area contributed by atoms with Gasteiger partial charge in [-0.05, 0) is 53.6 Å². The Morgan fingerprint density at radius 1 is 0.976 bits per heavy atom. The lowest BCUT2D eigenvalue weighted by molar-refractivity contribution is 0.00464. The zero-order chi connectivity index (χ0) is 28.9. The first-order valence-corrected chi connectivity index (χ1v) is 14.8. The van der Waals surface area contributed by atoms with Crippen molar-refractivity contribution in [3.63, 3.8) is 0 Å². The molecule has 0 spiro atoms. The number of likely N-dealkylation sites (tertiary alicyclic amines) is 1. The first-order chi connectivity index (χ1) is 20.6. The molecule has 0 unspecified atom stereocenters. The van der Waals surface area contributed by atoms with E-state index in [1.807, 2.05) is 12.1 Å². The topological polar surface area (TPSA) is 93.6 Å². The number of β-amino-alcohol motifs (C(OH)–C–C–N with tert-alkyl or cyclic N) is 1. The normalized spacial score (nSPS) is 18.3. The fourth-order valence-electron chi connectivity index (χ4n) is 5.48. The maximum absolute atomic E-state index is 13.1. The van der Waals surface area contributed by atoms with Crippen LogP contribution in [0.4, 0.5) is 0 Å². The molecule has 2 aliphatic heterocycles. The first-order valence-electron chi connectivity index (χ1n) is 14.8. The molecule has 1 atom stereocenters. The van der Waals surface area contributed by atoms with Gasteiger partial charge in [0, 0.05) is 50.9 Å². The Morgan fingerprint density at radius 3 is 2.48 bits per heavy atom. The average molecular weight is 574 g/mol. The first kappa shape index (κ1) is 28.5. The molecule has 0 bridgehead atoms. The van der Waals surface area contributed by atoms with Crippen molar-refractivity contribution in [1.82, 2.24) is 14.8 Å².